The minimum atomic E-state index is -0.565. The van der Waals surface area contributed by atoms with Gasteiger partial charge < -0.3 is 15.2 Å². The number of nitrogens with one attached hydrogen (secondary N) is 1. The second-order valence-corrected chi connectivity index (χ2v) is 3.11. The smallest absolute Gasteiger partial charge is 0.356 e. The first-order valence-corrected chi connectivity index (χ1v) is 5.22. The second-order valence-electron chi connectivity index (χ2n) is 3.11. The molecule has 1 rings (SSSR count). The zero-order valence-corrected chi connectivity index (χ0v) is 9.47. The average Bonchev–Trinajstić information content (AvgIpc) is 2.36. The van der Waals surface area contributed by atoms with Crippen molar-refractivity contribution in [1.82, 2.24) is 10.3 Å². The van der Waals surface area contributed by atoms with Crippen LogP contribution in [-0.4, -0.2) is 41.7 Å². The number of amides is 1. The van der Waals surface area contributed by atoms with Gasteiger partial charge in [0, 0.05) is 6.54 Å². The van der Waals surface area contributed by atoms with E-state index in [1.54, 1.807) is 13.0 Å². The molecule has 0 aliphatic rings. The fourth-order valence-electron chi connectivity index (χ4n) is 1.14. The number of ether oxygens (including phenoxy) is 1. The van der Waals surface area contributed by atoms with Gasteiger partial charge in [0.2, 0.25) is 0 Å². The van der Waals surface area contributed by atoms with Gasteiger partial charge in [-0.05, 0) is 19.1 Å². The van der Waals surface area contributed by atoms with Crippen molar-refractivity contribution in [3.05, 3.63) is 29.6 Å². The molecule has 0 spiro atoms. The molecule has 0 unspecified atom stereocenters. The van der Waals surface area contributed by atoms with Gasteiger partial charge in [-0.3, -0.25) is 4.79 Å². The van der Waals surface area contributed by atoms with E-state index in [4.69, 9.17) is 9.84 Å². The number of esters is 1. The number of pyridine rings is 1. The highest BCUT2D eigenvalue weighted by atomic mass is 16.5. The lowest BCUT2D eigenvalue weighted by Crippen LogP contribution is -2.27. The number of aliphatic hydroxyl groups excluding tert-OH is 1. The zero-order chi connectivity index (χ0) is 12.7. The quantitative estimate of drug-likeness (QED) is 0.704. The molecule has 2 N–H and O–H groups in total. The molecule has 0 fully saturated rings. The van der Waals surface area contributed by atoms with Crippen LogP contribution in [0.3, 0.4) is 0 Å². The van der Waals surface area contributed by atoms with Crippen LogP contribution in [0.1, 0.15) is 27.9 Å². The summed E-state index contributed by atoms with van der Waals surface area (Å²) in [6, 6.07) is 4.50. The molecule has 0 aromatic carbocycles. The fourth-order valence-corrected chi connectivity index (χ4v) is 1.14. The normalized spacial score (nSPS) is 9.76. The molecule has 1 aromatic rings. The van der Waals surface area contributed by atoms with Gasteiger partial charge in [-0.15, -0.1) is 0 Å². The summed E-state index contributed by atoms with van der Waals surface area (Å²) in [5.74, 6) is -1.01. The molecule has 1 heterocycles. The number of nitrogens with zero attached hydrogens (tertiary/aromatic N) is 1. The summed E-state index contributed by atoms with van der Waals surface area (Å²) >= 11 is 0. The summed E-state index contributed by atoms with van der Waals surface area (Å²) in [5, 5.41) is 11.0. The molecule has 0 radical (unpaired) electrons. The summed E-state index contributed by atoms with van der Waals surface area (Å²) in [6.07, 6.45) is 0. The van der Waals surface area contributed by atoms with Gasteiger partial charge in [-0.2, -0.15) is 0 Å². The molecule has 0 saturated carbocycles. The van der Waals surface area contributed by atoms with Crippen molar-refractivity contribution in [2.75, 3.05) is 19.8 Å². The largest absolute Gasteiger partial charge is 0.461 e. The summed E-state index contributed by atoms with van der Waals surface area (Å²) in [7, 11) is 0. The number of carbonyl (C=O) groups is 2. The first-order valence-electron chi connectivity index (χ1n) is 5.22. The molecule has 92 valence electrons. The Morgan fingerprint density at radius 3 is 2.76 bits per heavy atom. The lowest BCUT2D eigenvalue weighted by atomic mass is 10.3. The molecule has 6 nitrogen and oxygen atoms in total. The second kappa shape index (κ2) is 6.59. The van der Waals surface area contributed by atoms with E-state index in [0.29, 0.717) is 0 Å². The average molecular weight is 238 g/mol. The number of rotatable bonds is 5. The van der Waals surface area contributed by atoms with Crippen LogP contribution in [-0.2, 0) is 4.74 Å². The van der Waals surface area contributed by atoms with Crippen LogP contribution < -0.4 is 5.32 Å². The highest BCUT2D eigenvalue weighted by Gasteiger charge is 2.12. The molecule has 0 aliphatic heterocycles. The molecular formula is C11H14N2O4. The van der Waals surface area contributed by atoms with Gasteiger partial charge >= 0.3 is 5.97 Å². The first-order chi connectivity index (χ1) is 8.19. The Labute approximate surface area is 98.6 Å². The van der Waals surface area contributed by atoms with E-state index in [1.165, 1.54) is 12.1 Å². The Morgan fingerprint density at radius 1 is 1.41 bits per heavy atom. The molecule has 17 heavy (non-hydrogen) atoms. The van der Waals surface area contributed by atoms with Gasteiger partial charge in [0.15, 0.2) is 0 Å². The summed E-state index contributed by atoms with van der Waals surface area (Å²) in [6.45, 7) is 1.94. The molecular weight excluding hydrogens is 224 g/mol. The monoisotopic (exact) mass is 238 g/mol. The topological polar surface area (TPSA) is 88.5 Å². The maximum atomic E-state index is 11.5. The van der Waals surface area contributed by atoms with Gasteiger partial charge in [0.1, 0.15) is 11.4 Å². The van der Waals surface area contributed by atoms with Crippen molar-refractivity contribution in [2.24, 2.45) is 0 Å². The fraction of sp³-hybridized carbons (Fsp3) is 0.364. The molecule has 0 saturated heterocycles. The Hall–Kier alpha value is -1.95. The van der Waals surface area contributed by atoms with Crippen molar-refractivity contribution in [3.63, 3.8) is 0 Å². The number of carbonyl (C=O) groups excluding carboxylic acids is 2. The van der Waals surface area contributed by atoms with Crippen LogP contribution in [0.2, 0.25) is 0 Å². The minimum Gasteiger partial charge on any atom is -0.461 e. The number of aliphatic hydroxyl groups is 1. The van der Waals surface area contributed by atoms with Crippen molar-refractivity contribution in [2.45, 2.75) is 6.92 Å². The molecule has 0 atom stereocenters. The summed E-state index contributed by atoms with van der Waals surface area (Å²) in [5.41, 5.74) is 0.201. The van der Waals surface area contributed by atoms with Crippen molar-refractivity contribution in [1.29, 1.82) is 0 Å². The third-order valence-electron chi connectivity index (χ3n) is 1.86. The summed E-state index contributed by atoms with van der Waals surface area (Å²) in [4.78, 5) is 26.8. The van der Waals surface area contributed by atoms with Crippen LogP contribution in [0, 0.1) is 0 Å². The Balaban J connectivity index is 2.78. The Bertz CT molecular complexity index is 406. The van der Waals surface area contributed by atoms with E-state index in [0.717, 1.165) is 0 Å². The Morgan fingerprint density at radius 2 is 2.12 bits per heavy atom. The van der Waals surface area contributed by atoms with Crippen LogP contribution >= 0.6 is 0 Å². The zero-order valence-electron chi connectivity index (χ0n) is 9.47. The SMILES string of the molecule is CCOC(=O)c1cccc(C(=O)NCCO)n1. The molecule has 0 aliphatic carbocycles. The lowest BCUT2D eigenvalue weighted by Gasteiger charge is -2.04. The highest BCUT2D eigenvalue weighted by molar-refractivity contribution is 5.94. The van der Waals surface area contributed by atoms with Gasteiger partial charge in [0.25, 0.3) is 5.91 Å². The van der Waals surface area contributed by atoms with Gasteiger partial charge in [0.05, 0.1) is 13.2 Å². The predicted molar refractivity (Wildman–Crippen MR) is 59.6 cm³/mol. The molecule has 6 heteroatoms. The van der Waals surface area contributed by atoms with Crippen LogP contribution in [0.15, 0.2) is 18.2 Å². The van der Waals surface area contributed by atoms with Crippen LogP contribution in [0.25, 0.3) is 0 Å². The minimum absolute atomic E-state index is 0.0866. The van der Waals surface area contributed by atoms with Gasteiger partial charge in [-0.1, -0.05) is 6.07 Å². The van der Waals surface area contributed by atoms with E-state index in [1.807, 2.05) is 0 Å². The Kier molecular flexibility index (Phi) is 5.09. The first kappa shape index (κ1) is 13.1. The van der Waals surface area contributed by atoms with Crippen molar-refractivity contribution >= 4 is 11.9 Å². The maximum absolute atomic E-state index is 11.5. The maximum Gasteiger partial charge on any atom is 0.356 e. The van der Waals surface area contributed by atoms with Crippen LogP contribution in [0.4, 0.5) is 0 Å². The standard InChI is InChI=1S/C11H14N2O4/c1-2-17-11(16)9-5-3-4-8(13-9)10(15)12-6-7-14/h3-5,14H,2,6-7H2,1H3,(H,12,15). The lowest BCUT2D eigenvalue weighted by molar-refractivity contribution is 0.0519. The van der Waals surface area contributed by atoms with E-state index in [-0.39, 0.29) is 31.1 Å². The molecule has 1 amide bonds. The van der Waals surface area contributed by atoms with E-state index < -0.39 is 11.9 Å². The summed E-state index contributed by atoms with van der Waals surface area (Å²) < 4.78 is 4.77. The third kappa shape index (κ3) is 3.84. The van der Waals surface area contributed by atoms with E-state index >= 15 is 0 Å². The number of hydrogen-bond acceptors (Lipinski definition) is 5. The van der Waals surface area contributed by atoms with E-state index in [2.05, 4.69) is 10.3 Å². The third-order valence-corrected chi connectivity index (χ3v) is 1.86. The van der Waals surface area contributed by atoms with Crippen molar-refractivity contribution in [3.8, 4) is 0 Å². The number of aromatic nitrogens is 1. The van der Waals surface area contributed by atoms with Gasteiger partial charge in [-0.25, -0.2) is 9.78 Å². The molecule has 1 aromatic heterocycles. The molecule has 0 bridgehead atoms. The number of hydrogen-bond donors (Lipinski definition) is 2. The van der Waals surface area contributed by atoms with Crippen LogP contribution in [0.5, 0.6) is 0 Å². The van der Waals surface area contributed by atoms with Crippen molar-refractivity contribution < 1.29 is 19.4 Å². The highest BCUT2D eigenvalue weighted by Crippen LogP contribution is 2.01. The van der Waals surface area contributed by atoms with E-state index in [9.17, 15) is 9.59 Å². The predicted octanol–water partition coefficient (Wildman–Crippen LogP) is -0.0196.